The predicted molar refractivity (Wildman–Crippen MR) is 88.5 cm³/mol. The number of carbonyl (C=O) groups excluding carboxylic acids is 1. The molecule has 1 aromatic carbocycles. The topological polar surface area (TPSA) is 42.8 Å². The van der Waals surface area contributed by atoms with E-state index in [-0.39, 0.29) is 11.3 Å². The standard InChI is InChI=1S/C18H28N2O2/c1-18(2,3)16-7-5-15(6-8-16)17(21)19-9-4-10-20-11-13-22-14-12-20/h5-8H,4,9-14H2,1-3H3,(H,19,21)/p+1. The number of quaternary nitrogens is 1. The summed E-state index contributed by atoms with van der Waals surface area (Å²) in [5, 5.41) is 3.01. The number of ether oxygens (including phenoxy) is 1. The molecule has 0 atom stereocenters. The van der Waals surface area contributed by atoms with Crippen LogP contribution >= 0.6 is 0 Å². The van der Waals surface area contributed by atoms with Crippen molar-refractivity contribution >= 4 is 5.91 Å². The molecule has 0 bridgehead atoms. The van der Waals surface area contributed by atoms with Gasteiger partial charge in [0.2, 0.25) is 0 Å². The summed E-state index contributed by atoms with van der Waals surface area (Å²) in [5.41, 5.74) is 2.11. The second kappa shape index (κ2) is 7.75. The molecule has 1 aliphatic heterocycles. The van der Waals surface area contributed by atoms with Crippen LogP contribution < -0.4 is 10.2 Å². The Bertz CT molecular complexity index is 471. The number of morpholine rings is 1. The molecule has 2 rings (SSSR count). The zero-order chi connectivity index (χ0) is 16.0. The number of rotatable bonds is 5. The number of hydrogen-bond donors (Lipinski definition) is 2. The number of amides is 1. The quantitative estimate of drug-likeness (QED) is 0.798. The third-order valence-electron chi connectivity index (χ3n) is 4.21. The largest absolute Gasteiger partial charge is 0.370 e. The van der Waals surface area contributed by atoms with Gasteiger partial charge < -0.3 is 15.0 Å². The van der Waals surface area contributed by atoms with Crippen LogP contribution in [0.1, 0.15) is 43.1 Å². The lowest BCUT2D eigenvalue weighted by Gasteiger charge is -2.23. The first-order chi connectivity index (χ1) is 10.5. The van der Waals surface area contributed by atoms with Gasteiger partial charge in [0.05, 0.1) is 19.8 Å². The van der Waals surface area contributed by atoms with Crippen LogP contribution in [0.5, 0.6) is 0 Å². The Labute approximate surface area is 133 Å². The van der Waals surface area contributed by atoms with E-state index in [1.165, 1.54) is 5.56 Å². The lowest BCUT2D eigenvalue weighted by molar-refractivity contribution is -0.908. The second-order valence-corrected chi connectivity index (χ2v) is 7.05. The minimum absolute atomic E-state index is 0.0254. The van der Waals surface area contributed by atoms with Crippen LogP contribution in [0.4, 0.5) is 0 Å². The van der Waals surface area contributed by atoms with Gasteiger partial charge in [-0.2, -0.15) is 0 Å². The van der Waals surface area contributed by atoms with E-state index in [0.29, 0.717) is 0 Å². The van der Waals surface area contributed by atoms with Crippen LogP contribution in [0.3, 0.4) is 0 Å². The highest BCUT2D eigenvalue weighted by atomic mass is 16.5. The smallest absolute Gasteiger partial charge is 0.251 e. The summed E-state index contributed by atoms with van der Waals surface area (Å²) in [7, 11) is 0. The zero-order valence-corrected chi connectivity index (χ0v) is 14.1. The van der Waals surface area contributed by atoms with E-state index in [1.54, 1.807) is 4.90 Å². The van der Waals surface area contributed by atoms with Gasteiger partial charge in [-0.25, -0.2) is 0 Å². The van der Waals surface area contributed by atoms with Gasteiger partial charge in [0.1, 0.15) is 13.1 Å². The van der Waals surface area contributed by atoms with Crippen LogP contribution in [0.15, 0.2) is 24.3 Å². The van der Waals surface area contributed by atoms with Crippen LogP contribution in [0, 0.1) is 0 Å². The minimum Gasteiger partial charge on any atom is -0.370 e. The maximum absolute atomic E-state index is 12.1. The first kappa shape index (κ1) is 17.0. The van der Waals surface area contributed by atoms with Crippen molar-refractivity contribution in [3.05, 3.63) is 35.4 Å². The third kappa shape index (κ3) is 5.11. The first-order valence-corrected chi connectivity index (χ1v) is 8.27. The van der Waals surface area contributed by atoms with Crippen LogP contribution in [0.25, 0.3) is 0 Å². The Balaban J connectivity index is 1.72. The Morgan fingerprint density at radius 1 is 1.18 bits per heavy atom. The molecule has 1 saturated heterocycles. The van der Waals surface area contributed by atoms with Gasteiger partial charge in [-0.1, -0.05) is 32.9 Å². The highest BCUT2D eigenvalue weighted by Gasteiger charge is 2.15. The van der Waals surface area contributed by atoms with E-state index >= 15 is 0 Å². The normalized spacial score (nSPS) is 16.5. The Hall–Kier alpha value is -1.39. The van der Waals surface area contributed by atoms with Gasteiger partial charge in [0, 0.05) is 18.5 Å². The molecule has 4 heteroatoms. The van der Waals surface area contributed by atoms with Gasteiger partial charge in [-0.3, -0.25) is 4.79 Å². The fourth-order valence-electron chi connectivity index (χ4n) is 2.67. The van der Waals surface area contributed by atoms with Gasteiger partial charge in [-0.15, -0.1) is 0 Å². The summed E-state index contributed by atoms with van der Waals surface area (Å²) in [4.78, 5) is 13.7. The Morgan fingerprint density at radius 3 is 2.41 bits per heavy atom. The molecule has 0 spiro atoms. The third-order valence-corrected chi connectivity index (χ3v) is 4.21. The molecular formula is C18H29N2O2+. The monoisotopic (exact) mass is 305 g/mol. The molecule has 122 valence electrons. The fraction of sp³-hybridized carbons (Fsp3) is 0.611. The van der Waals surface area contributed by atoms with E-state index in [2.05, 4.69) is 26.1 Å². The van der Waals surface area contributed by atoms with Crippen LogP contribution in [0.2, 0.25) is 0 Å². The van der Waals surface area contributed by atoms with E-state index in [9.17, 15) is 4.79 Å². The molecule has 0 aromatic heterocycles. The lowest BCUT2D eigenvalue weighted by Crippen LogP contribution is -3.14. The molecule has 0 radical (unpaired) electrons. The molecule has 0 unspecified atom stereocenters. The zero-order valence-electron chi connectivity index (χ0n) is 14.1. The fourth-order valence-corrected chi connectivity index (χ4v) is 2.67. The molecule has 0 aliphatic carbocycles. The summed E-state index contributed by atoms with van der Waals surface area (Å²) in [5.74, 6) is 0.0254. The average Bonchev–Trinajstić information content (AvgIpc) is 2.52. The van der Waals surface area contributed by atoms with Gasteiger partial charge >= 0.3 is 0 Å². The van der Waals surface area contributed by atoms with Gasteiger partial charge in [0.25, 0.3) is 5.91 Å². The Kier molecular flexibility index (Phi) is 5.98. The summed E-state index contributed by atoms with van der Waals surface area (Å²) < 4.78 is 5.34. The molecule has 22 heavy (non-hydrogen) atoms. The van der Waals surface area contributed by atoms with E-state index < -0.39 is 0 Å². The lowest BCUT2D eigenvalue weighted by atomic mass is 9.87. The summed E-state index contributed by atoms with van der Waals surface area (Å²) in [6, 6.07) is 7.94. The van der Waals surface area contributed by atoms with E-state index in [0.717, 1.165) is 51.4 Å². The summed E-state index contributed by atoms with van der Waals surface area (Å²) >= 11 is 0. The number of benzene rings is 1. The maximum Gasteiger partial charge on any atom is 0.251 e. The number of nitrogens with one attached hydrogen (secondary N) is 2. The molecule has 0 saturated carbocycles. The Morgan fingerprint density at radius 2 is 1.82 bits per heavy atom. The first-order valence-electron chi connectivity index (χ1n) is 8.27. The van der Waals surface area contributed by atoms with Crippen LogP contribution in [-0.4, -0.2) is 45.3 Å². The van der Waals surface area contributed by atoms with Crippen molar-refractivity contribution in [2.75, 3.05) is 39.4 Å². The minimum atomic E-state index is 0.0254. The van der Waals surface area contributed by atoms with Gasteiger partial charge in [0.15, 0.2) is 0 Å². The van der Waals surface area contributed by atoms with Crippen LogP contribution in [-0.2, 0) is 10.2 Å². The molecule has 1 aliphatic rings. The predicted octanol–water partition coefficient (Wildman–Crippen LogP) is 1.02. The second-order valence-electron chi connectivity index (χ2n) is 7.05. The molecule has 4 nitrogen and oxygen atoms in total. The van der Waals surface area contributed by atoms with Gasteiger partial charge in [-0.05, 0) is 23.1 Å². The van der Waals surface area contributed by atoms with Crippen molar-refractivity contribution in [1.29, 1.82) is 0 Å². The average molecular weight is 305 g/mol. The van der Waals surface area contributed by atoms with Crippen molar-refractivity contribution in [2.45, 2.75) is 32.6 Å². The highest BCUT2D eigenvalue weighted by Crippen LogP contribution is 2.22. The van der Waals surface area contributed by atoms with E-state index in [1.807, 2.05) is 24.3 Å². The molecule has 1 heterocycles. The molecule has 1 amide bonds. The van der Waals surface area contributed by atoms with Crippen molar-refractivity contribution in [1.82, 2.24) is 5.32 Å². The molecule has 2 N–H and O–H groups in total. The number of carbonyl (C=O) groups is 1. The van der Waals surface area contributed by atoms with Crippen molar-refractivity contribution in [3.63, 3.8) is 0 Å². The molecular weight excluding hydrogens is 276 g/mol. The van der Waals surface area contributed by atoms with Crippen molar-refractivity contribution in [3.8, 4) is 0 Å². The number of hydrogen-bond acceptors (Lipinski definition) is 2. The van der Waals surface area contributed by atoms with Crippen molar-refractivity contribution < 1.29 is 14.4 Å². The van der Waals surface area contributed by atoms with E-state index in [4.69, 9.17) is 4.74 Å². The van der Waals surface area contributed by atoms with Crippen molar-refractivity contribution in [2.24, 2.45) is 0 Å². The summed E-state index contributed by atoms with van der Waals surface area (Å²) in [6.07, 6.45) is 1.02. The SMILES string of the molecule is CC(C)(C)c1ccc(C(=O)NCCC[NH+]2CCOCC2)cc1. The highest BCUT2D eigenvalue weighted by molar-refractivity contribution is 5.94. The maximum atomic E-state index is 12.1. The molecule has 1 aromatic rings. The molecule has 1 fully saturated rings. The summed E-state index contributed by atoms with van der Waals surface area (Å²) in [6.45, 7) is 12.3.